The predicted molar refractivity (Wildman–Crippen MR) is 79.2 cm³/mol. The normalized spacial score (nSPS) is 10.1. The summed E-state index contributed by atoms with van der Waals surface area (Å²) in [4.78, 5) is 0. The molecule has 0 unspecified atom stereocenters. The van der Waals surface area contributed by atoms with E-state index in [0.717, 1.165) is 32.8 Å². The summed E-state index contributed by atoms with van der Waals surface area (Å²) in [5, 5.41) is 0. The van der Waals surface area contributed by atoms with Crippen molar-refractivity contribution in [3.8, 4) is 28.4 Å². The number of benzene rings is 2. The third kappa shape index (κ3) is 2.54. The number of hydrogen-bond donors (Lipinski definition) is 0. The lowest BCUT2D eigenvalue weighted by Gasteiger charge is -2.15. The number of rotatable bonds is 4. The fourth-order valence-corrected chi connectivity index (χ4v) is 2.60. The summed E-state index contributed by atoms with van der Waals surface area (Å²) in [5.74, 6) is 2.28. The van der Waals surface area contributed by atoms with Gasteiger partial charge in [0.25, 0.3) is 0 Å². The van der Waals surface area contributed by atoms with E-state index in [1.54, 1.807) is 21.3 Å². The van der Waals surface area contributed by atoms with E-state index < -0.39 is 0 Å². The molecule has 0 aromatic heterocycles. The first-order valence-electron chi connectivity index (χ1n) is 5.76. The summed E-state index contributed by atoms with van der Waals surface area (Å²) in [5.41, 5.74) is 1.87. The number of hydrogen-bond acceptors (Lipinski definition) is 3. The third-order valence-corrected chi connectivity index (χ3v) is 3.70. The number of halogens is 1. The molecule has 0 radical (unpaired) electrons. The summed E-state index contributed by atoms with van der Waals surface area (Å²) < 4.78 is 17.1. The van der Waals surface area contributed by atoms with E-state index in [9.17, 15) is 0 Å². The van der Waals surface area contributed by atoms with Crippen LogP contribution in [0.5, 0.6) is 17.2 Å². The topological polar surface area (TPSA) is 27.7 Å². The van der Waals surface area contributed by atoms with Gasteiger partial charge in [0.15, 0.2) is 0 Å². The summed E-state index contributed by atoms with van der Waals surface area (Å²) in [6.07, 6.45) is 0. The van der Waals surface area contributed by atoms with Crippen LogP contribution in [-0.4, -0.2) is 21.3 Å². The zero-order valence-electron chi connectivity index (χ0n) is 11.1. The van der Waals surface area contributed by atoms with Gasteiger partial charge in [0, 0.05) is 5.56 Å². The molecule has 19 heavy (non-hydrogen) atoms. The Kier molecular flexibility index (Phi) is 4.32. The molecule has 0 aliphatic heterocycles. The molecule has 2 rings (SSSR count). The highest BCUT2D eigenvalue weighted by Gasteiger charge is 2.16. The molecule has 3 nitrogen and oxygen atoms in total. The first-order chi connectivity index (χ1) is 9.22. The molecule has 0 heterocycles. The van der Waals surface area contributed by atoms with Crippen LogP contribution in [0.4, 0.5) is 0 Å². The lowest BCUT2D eigenvalue weighted by atomic mass is 10.0. The highest BCUT2D eigenvalue weighted by Crippen LogP contribution is 2.44. The van der Waals surface area contributed by atoms with Crippen LogP contribution in [0.1, 0.15) is 0 Å². The maximum atomic E-state index is 5.43. The zero-order chi connectivity index (χ0) is 13.8. The first kappa shape index (κ1) is 13.7. The number of methoxy groups -OCH3 is 3. The number of ether oxygens (including phenoxy) is 3. The van der Waals surface area contributed by atoms with Gasteiger partial charge in [0.2, 0.25) is 0 Å². The molecule has 4 heteroatoms. The van der Waals surface area contributed by atoms with Crippen LogP contribution in [0.25, 0.3) is 11.1 Å². The minimum absolute atomic E-state index is 0.758. The van der Waals surface area contributed by atoms with Gasteiger partial charge in [0.1, 0.15) is 17.2 Å². The van der Waals surface area contributed by atoms with Gasteiger partial charge in [-0.3, -0.25) is 0 Å². The molecule has 2 aromatic carbocycles. The van der Waals surface area contributed by atoms with E-state index in [1.165, 1.54) is 0 Å². The van der Waals surface area contributed by atoms with E-state index in [0.29, 0.717) is 0 Å². The van der Waals surface area contributed by atoms with Crippen LogP contribution in [0.3, 0.4) is 0 Å². The van der Waals surface area contributed by atoms with Gasteiger partial charge in [-0.1, -0.05) is 18.2 Å². The van der Waals surface area contributed by atoms with Crippen molar-refractivity contribution in [3.05, 3.63) is 40.9 Å². The summed E-state index contributed by atoms with van der Waals surface area (Å²) in [6.45, 7) is 0. The van der Waals surface area contributed by atoms with Crippen molar-refractivity contribution in [1.82, 2.24) is 0 Å². The fourth-order valence-electron chi connectivity index (χ4n) is 1.98. The molecular weight excluding hydrogens is 308 g/mol. The van der Waals surface area contributed by atoms with Crippen molar-refractivity contribution in [2.24, 2.45) is 0 Å². The van der Waals surface area contributed by atoms with Crippen LogP contribution < -0.4 is 14.2 Å². The van der Waals surface area contributed by atoms with E-state index in [-0.39, 0.29) is 0 Å². The maximum absolute atomic E-state index is 5.43. The molecule has 0 fully saturated rings. The van der Waals surface area contributed by atoms with Crippen LogP contribution in [0.2, 0.25) is 0 Å². The average molecular weight is 323 g/mol. The van der Waals surface area contributed by atoms with Crippen molar-refractivity contribution in [3.63, 3.8) is 0 Å². The molecule has 0 saturated heterocycles. The Morgan fingerprint density at radius 3 is 1.74 bits per heavy atom. The minimum Gasteiger partial charge on any atom is -0.496 e. The monoisotopic (exact) mass is 322 g/mol. The first-order valence-corrected chi connectivity index (χ1v) is 6.56. The quantitative estimate of drug-likeness (QED) is 0.846. The van der Waals surface area contributed by atoms with Crippen molar-refractivity contribution >= 4 is 15.9 Å². The molecule has 0 saturated carbocycles. The highest BCUT2D eigenvalue weighted by molar-refractivity contribution is 9.10. The van der Waals surface area contributed by atoms with Crippen LogP contribution in [-0.2, 0) is 0 Å². The molecular formula is C15H15BrO3. The Labute approximate surface area is 121 Å². The Bertz CT molecular complexity index is 559. The average Bonchev–Trinajstić information content (AvgIpc) is 2.46. The molecule has 100 valence electrons. The van der Waals surface area contributed by atoms with Gasteiger partial charge in [-0.25, -0.2) is 0 Å². The Hall–Kier alpha value is -1.68. The Morgan fingerprint density at radius 2 is 1.21 bits per heavy atom. The Morgan fingerprint density at radius 1 is 0.737 bits per heavy atom. The Balaban J connectivity index is 2.71. The highest BCUT2D eigenvalue weighted by atomic mass is 79.9. The molecule has 0 bridgehead atoms. The van der Waals surface area contributed by atoms with E-state index in [1.807, 2.05) is 36.4 Å². The van der Waals surface area contributed by atoms with Gasteiger partial charge < -0.3 is 14.2 Å². The largest absolute Gasteiger partial charge is 0.496 e. The molecule has 0 N–H and O–H groups in total. The molecule has 0 aliphatic rings. The minimum atomic E-state index is 0.758. The predicted octanol–water partition coefficient (Wildman–Crippen LogP) is 4.14. The SMILES string of the molecule is COc1cccc(-c2c(OC)cccc2OC)c1Br. The van der Waals surface area contributed by atoms with Gasteiger partial charge >= 0.3 is 0 Å². The third-order valence-electron chi connectivity index (χ3n) is 2.88. The molecule has 0 atom stereocenters. The maximum Gasteiger partial charge on any atom is 0.133 e. The molecule has 0 amide bonds. The van der Waals surface area contributed by atoms with Gasteiger partial charge in [0.05, 0.1) is 31.4 Å². The van der Waals surface area contributed by atoms with Crippen LogP contribution in [0.15, 0.2) is 40.9 Å². The van der Waals surface area contributed by atoms with Crippen molar-refractivity contribution in [2.45, 2.75) is 0 Å². The van der Waals surface area contributed by atoms with Gasteiger partial charge in [-0.05, 0) is 34.1 Å². The molecule has 2 aromatic rings. The molecule has 0 spiro atoms. The van der Waals surface area contributed by atoms with Gasteiger partial charge in [-0.2, -0.15) is 0 Å². The second-order valence-corrected chi connectivity index (χ2v) is 4.65. The van der Waals surface area contributed by atoms with E-state index in [2.05, 4.69) is 15.9 Å². The summed E-state index contributed by atoms with van der Waals surface area (Å²) in [7, 11) is 4.93. The van der Waals surface area contributed by atoms with E-state index >= 15 is 0 Å². The van der Waals surface area contributed by atoms with E-state index in [4.69, 9.17) is 14.2 Å². The standard InChI is InChI=1S/C15H15BrO3/c1-17-11-7-5-8-12(18-2)14(11)10-6-4-9-13(19-3)15(10)16/h4-9H,1-3H3. The van der Waals surface area contributed by atoms with Crippen LogP contribution in [0, 0.1) is 0 Å². The second kappa shape index (κ2) is 5.97. The zero-order valence-corrected chi connectivity index (χ0v) is 12.7. The summed E-state index contributed by atoms with van der Waals surface area (Å²) >= 11 is 3.57. The smallest absolute Gasteiger partial charge is 0.133 e. The lowest BCUT2D eigenvalue weighted by molar-refractivity contribution is 0.397. The van der Waals surface area contributed by atoms with Crippen LogP contribution >= 0.6 is 15.9 Å². The van der Waals surface area contributed by atoms with Crippen molar-refractivity contribution in [2.75, 3.05) is 21.3 Å². The molecule has 0 aliphatic carbocycles. The second-order valence-electron chi connectivity index (χ2n) is 3.86. The van der Waals surface area contributed by atoms with Crippen molar-refractivity contribution < 1.29 is 14.2 Å². The summed E-state index contributed by atoms with van der Waals surface area (Å²) in [6, 6.07) is 11.5. The van der Waals surface area contributed by atoms with Crippen molar-refractivity contribution in [1.29, 1.82) is 0 Å². The fraction of sp³-hybridized carbons (Fsp3) is 0.200. The lowest BCUT2D eigenvalue weighted by Crippen LogP contribution is -1.94. The van der Waals surface area contributed by atoms with Gasteiger partial charge in [-0.15, -0.1) is 0 Å².